The predicted octanol–water partition coefficient (Wildman–Crippen LogP) is 2.25. The van der Waals surface area contributed by atoms with Gasteiger partial charge >= 0.3 is 0 Å². The summed E-state index contributed by atoms with van der Waals surface area (Å²) in [4.78, 5) is 0. The first-order valence-electron chi connectivity index (χ1n) is 5.75. The number of sulfonamides is 1. The first-order valence-corrected chi connectivity index (χ1v) is 9.25. The first-order chi connectivity index (χ1) is 9.97. The van der Waals surface area contributed by atoms with Crippen LogP contribution in [0.15, 0.2) is 46.9 Å². The molecule has 0 saturated carbocycles. The fourth-order valence-electron chi connectivity index (χ4n) is 1.88. The number of hydrogen-bond acceptors (Lipinski definition) is 5. The summed E-state index contributed by atoms with van der Waals surface area (Å²) in [5.74, 6) is 0.449. The van der Waals surface area contributed by atoms with E-state index in [1.807, 2.05) is 29.6 Å². The third-order valence-corrected chi connectivity index (χ3v) is 5.29. The number of nitrogens with zero attached hydrogens (tertiary/aromatic N) is 3. The van der Waals surface area contributed by atoms with Crippen molar-refractivity contribution in [1.29, 1.82) is 0 Å². The van der Waals surface area contributed by atoms with Gasteiger partial charge in [-0.3, -0.25) is 4.57 Å². The molecule has 0 aliphatic rings. The van der Waals surface area contributed by atoms with Gasteiger partial charge in [-0.15, -0.1) is 21.5 Å². The number of nitrogens with two attached hydrogens (primary N) is 1. The Labute approximate surface area is 138 Å². The second-order valence-corrected chi connectivity index (χ2v) is 8.42. The Hall–Kier alpha value is -1.30. The topological polar surface area (TPSA) is 90.9 Å². The van der Waals surface area contributed by atoms with Crippen LogP contribution in [0.3, 0.4) is 0 Å². The van der Waals surface area contributed by atoms with E-state index in [1.54, 1.807) is 23.5 Å². The molecule has 0 atom stereocenters. The molecule has 9 heteroatoms. The minimum atomic E-state index is -3.97. The maximum absolute atomic E-state index is 11.7. The summed E-state index contributed by atoms with van der Waals surface area (Å²) in [7, 11) is -3.97. The van der Waals surface area contributed by atoms with E-state index in [-0.39, 0.29) is 5.16 Å². The van der Waals surface area contributed by atoms with Gasteiger partial charge in [0.2, 0.25) is 0 Å². The molecule has 6 nitrogen and oxygen atoms in total. The standard InChI is InChI=1S/C12H9IN4O2S2/c13-10-6-8(7-20-10)11-15-16-12(21(14,18)19)17(11)9-4-2-1-3-5-9/h1-7H,(H2,14,18,19). The third-order valence-electron chi connectivity index (χ3n) is 2.73. The normalized spacial score (nSPS) is 11.7. The molecule has 2 aromatic heterocycles. The van der Waals surface area contributed by atoms with Gasteiger partial charge < -0.3 is 0 Å². The molecule has 2 N–H and O–H groups in total. The molecule has 0 bridgehead atoms. The highest BCUT2D eigenvalue weighted by Crippen LogP contribution is 2.28. The van der Waals surface area contributed by atoms with Crippen LogP contribution in [0.1, 0.15) is 0 Å². The first kappa shape index (κ1) is 14.6. The molecule has 0 aliphatic heterocycles. The monoisotopic (exact) mass is 432 g/mol. The van der Waals surface area contributed by atoms with E-state index in [0.717, 1.165) is 8.45 Å². The number of benzene rings is 1. The maximum Gasteiger partial charge on any atom is 0.274 e. The summed E-state index contributed by atoms with van der Waals surface area (Å²) in [6, 6.07) is 10.9. The molecule has 1 aromatic carbocycles. The minimum Gasteiger partial charge on any atom is -0.265 e. The molecule has 0 amide bonds. The van der Waals surface area contributed by atoms with Gasteiger partial charge in [0.05, 0.1) is 2.88 Å². The number of thiophene rings is 1. The smallest absolute Gasteiger partial charge is 0.265 e. The molecule has 0 fully saturated rings. The molecule has 2 heterocycles. The second-order valence-electron chi connectivity index (χ2n) is 4.16. The van der Waals surface area contributed by atoms with Crippen molar-refractivity contribution in [3.8, 4) is 17.1 Å². The molecule has 21 heavy (non-hydrogen) atoms. The SMILES string of the molecule is NS(=O)(=O)c1nnc(-c2csc(I)c2)n1-c1ccccc1. The second kappa shape index (κ2) is 5.48. The van der Waals surface area contributed by atoms with E-state index in [1.165, 1.54) is 4.57 Å². The fourth-order valence-corrected chi connectivity index (χ4v) is 3.80. The Morgan fingerprint density at radius 3 is 2.48 bits per heavy atom. The molecule has 0 unspecified atom stereocenters. The summed E-state index contributed by atoms with van der Waals surface area (Å²) in [6.45, 7) is 0. The van der Waals surface area contributed by atoms with Crippen LogP contribution in [-0.2, 0) is 10.0 Å². The number of primary sulfonamides is 1. The average Bonchev–Trinajstić information content (AvgIpc) is 3.04. The van der Waals surface area contributed by atoms with Crippen LogP contribution in [0, 0.1) is 2.88 Å². The highest BCUT2D eigenvalue weighted by molar-refractivity contribution is 14.1. The number of aromatic nitrogens is 3. The molecule has 3 rings (SSSR count). The van der Waals surface area contributed by atoms with Crippen molar-refractivity contribution < 1.29 is 8.42 Å². The Kier molecular flexibility index (Phi) is 3.82. The zero-order chi connectivity index (χ0) is 15.0. The van der Waals surface area contributed by atoms with Gasteiger partial charge in [-0.05, 0) is 40.8 Å². The van der Waals surface area contributed by atoms with Crippen LogP contribution >= 0.6 is 33.9 Å². The molecule has 0 spiro atoms. The number of halogens is 1. The lowest BCUT2D eigenvalue weighted by molar-refractivity contribution is 0.585. The van der Waals surface area contributed by atoms with Crippen LogP contribution < -0.4 is 5.14 Å². The van der Waals surface area contributed by atoms with Gasteiger partial charge in [0.25, 0.3) is 15.2 Å². The average molecular weight is 432 g/mol. The van der Waals surface area contributed by atoms with Crippen molar-refractivity contribution in [3.63, 3.8) is 0 Å². The lowest BCUT2D eigenvalue weighted by Gasteiger charge is -2.08. The van der Waals surface area contributed by atoms with Crippen molar-refractivity contribution in [1.82, 2.24) is 14.8 Å². The zero-order valence-corrected chi connectivity index (χ0v) is 14.3. The van der Waals surface area contributed by atoms with E-state index in [0.29, 0.717) is 11.5 Å². The minimum absolute atomic E-state index is 0.273. The van der Waals surface area contributed by atoms with Crippen LogP contribution in [0.4, 0.5) is 0 Å². The van der Waals surface area contributed by atoms with Gasteiger partial charge in [0, 0.05) is 16.6 Å². The Bertz CT molecular complexity index is 887. The summed E-state index contributed by atoms with van der Waals surface area (Å²) in [6.07, 6.45) is 0. The molecule has 108 valence electrons. The Morgan fingerprint density at radius 2 is 1.90 bits per heavy atom. The van der Waals surface area contributed by atoms with Gasteiger partial charge in [0.15, 0.2) is 5.82 Å². The van der Waals surface area contributed by atoms with E-state index < -0.39 is 10.0 Å². The lowest BCUT2D eigenvalue weighted by Crippen LogP contribution is -2.18. The Morgan fingerprint density at radius 1 is 1.19 bits per heavy atom. The highest BCUT2D eigenvalue weighted by atomic mass is 127. The van der Waals surface area contributed by atoms with Gasteiger partial charge in [-0.25, -0.2) is 13.6 Å². The van der Waals surface area contributed by atoms with Crippen LogP contribution in [0.2, 0.25) is 0 Å². The Balaban J connectivity index is 2.30. The predicted molar refractivity (Wildman–Crippen MR) is 88.8 cm³/mol. The van der Waals surface area contributed by atoms with Crippen LogP contribution in [-0.4, -0.2) is 23.2 Å². The van der Waals surface area contributed by atoms with Crippen molar-refractivity contribution in [2.45, 2.75) is 5.16 Å². The van der Waals surface area contributed by atoms with E-state index in [2.05, 4.69) is 32.8 Å². The number of rotatable bonds is 3. The molecular weight excluding hydrogens is 423 g/mol. The number of hydrogen-bond donors (Lipinski definition) is 1. The van der Waals surface area contributed by atoms with Gasteiger partial charge in [-0.1, -0.05) is 18.2 Å². The molecule has 0 saturated heterocycles. The fraction of sp³-hybridized carbons (Fsp3) is 0. The largest absolute Gasteiger partial charge is 0.274 e. The van der Waals surface area contributed by atoms with Crippen molar-refractivity contribution >= 4 is 44.0 Å². The quantitative estimate of drug-likeness (QED) is 0.643. The third kappa shape index (κ3) is 2.86. The zero-order valence-electron chi connectivity index (χ0n) is 10.5. The molecule has 3 aromatic rings. The summed E-state index contributed by atoms with van der Waals surface area (Å²) in [5.41, 5.74) is 1.44. The van der Waals surface area contributed by atoms with Crippen molar-refractivity contribution in [2.24, 2.45) is 5.14 Å². The number of para-hydroxylation sites is 1. The highest BCUT2D eigenvalue weighted by Gasteiger charge is 2.23. The maximum atomic E-state index is 11.7. The van der Waals surface area contributed by atoms with Crippen molar-refractivity contribution in [3.05, 3.63) is 44.7 Å². The van der Waals surface area contributed by atoms with Crippen LogP contribution in [0.5, 0.6) is 0 Å². The van der Waals surface area contributed by atoms with E-state index in [9.17, 15) is 8.42 Å². The molecule has 0 radical (unpaired) electrons. The van der Waals surface area contributed by atoms with Gasteiger partial charge in [0.1, 0.15) is 0 Å². The summed E-state index contributed by atoms with van der Waals surface area (Å²) >= 11 is 3.74. The van der Waals surface area contributed by atoms with Crippen molar-refractivity contribution in [2.75, 3.05) is 0 Å². The molecule has 0 aliphatic carbocycles. The van der Waals surface area contributed by atoms with E-state index in [4.69, 9.17) is 5.14 Å². The molecular formula is C12H9IN4O2S2. The summed E-state index contributed by atoms with van der Waals surface area (Å²) < 4.78 is 26.0. The van der Waals surface area contributed by atoms with Gasteiger partial charge in [-0.2, -0.15) is 0 Å². The van der Waals surface area contributed by atoms with E-state index >= 15 is 0 Å². The lowest BCUT2D eigenvalue weighted by atomic mass is 10.3. The van der Waals surface area contributed by atoms with Crippen LogP contribution in [0.25, 0.3) is 17.1 Å². The summed E-state index contributed by atoms with van der Waals surface area (Å²) in [5, 5.41) is 14.6.